The molecular weight excluding hydrogens is 462 g/mol. The number of rotatable bonds is 4. The maximum atomic E-state index is 14.5. The zero-order valence-corrected chi connectivity index (χ0v) is 21.4. The summed E-state index contributed by atoms with van der Waals surface area (Å²) in [5, 5.41) is 0. The first-order valence-corrected chi connectivity index (χ1v) is 13.9. The van der Waals surface area contributed by atoms with Gasteiger partial charge in [-0.25, -0.2) is 8.42 Å². The van der Waals surface area contributed by atoms with Crippen LogP contribution in [0.15, 0.2) is 114 Å². The smallest absolute Gasteiger partial charge is 0.207 e. The SMILES string of the molecule is CC1=C(c2ccccc2)[C@@]2(CC(c3ccccc3)CN2S(=O)(=O)c2ccc(C)cc2)c2ccccc21. The van der Waals surface area contributed by atoms with Crippen LogP contribution in [0, 0.1) is 6.92 Å². The summed E-state index contributed by atoms with van der Waals surface area (Å²) in [7, 11) is -3.80. The monoisotopic (exact) mass is 491 g/mol. The summed E-state index contributed by atoms with van der Waals surface area (Å²) in [5.41, 5.74) is 6.96. The molecule has 180 valence electrons. The van der Waals surface area contributed by atoms with Gasteiger partial charge in [-0.1, -0.05) is 103 Å². The molecule has 4 heteroatoms. The molecule has 1 fully saturated rings. The van der Waals surface area contributed by atoms with Crippen LogP contribution < -0.4 is 0 Å². The van der Waals surface area contributed by atoms with E-state index >= 15 is 0 Å². The Balaban J connectivity index is 1.63. The molecule has 4 aromatic rings. The van der Waals surface area contributed by atoms with E-state index in [1.54, 1.807) is 16.4 Å². The molecule has 4 aromatic carbocycles. The zero-order valence-electron chi connectivity index (χ0n) is 20.6. The summed E-state index contributed by atoms with van der Waals surface area (Å²) < 4.78 is 30.8. The standard InChI is InChI=1S/C32H29NO2S/c1-23-17-19-28(20-18-23)36(34,35)33-22-27(25-11-5-3-6-12-25)21-32(33)30-16-10-9-15-29(30)24(2)31(32)26-13-7-4-8-14-26/h3-20,27H,21-22H2,1-2H3/t27?,32-/m1/s1. The number of allylic oxidation sites excluding steroid dienone is 1. The molecule has 36 heavy (non-hydrogen) atoms. The minimum atomic E-state index is -3.80. The lowest BCUT2D eigenvalue weighted by Gasteiger charge is -2.38. The number of sulfonamides is 1. The maximum Gasteiger partial charge on any atom is 0.244 e. The molecule has 6 rings (SSSR count). The molecule has 1 aliphatic carbocycles. The van der Waals surface area contributed by atoms with E-state index in [0.29, 0.717) is 17.9 Å². The van der Waals surface area contributed by atoms with Crippen molar-refractivity contribution in [1.29, 1.82) is 0 Å². The van der Waals surface area contributed by atoms with Crippen molar-refractivity contribution >= 4 is 21.2 Å². The largest absolute Gasteiger partial charge is 0.244 e. The van der Waals surface area contributed by atoms with Gasteiger partial charge in [0.05, 0.1) is 10.4 Å². The van der Waals surface area contributed by atoms with E-state index in [0.717, 1.165) is 33.4 Å². The third-order valence-corrected chi connectivity index (χ3v) is 9.77. The summed E-state index contributed by atoms with van der Waals surface area (Å²) in [4.78, 5) is 0.343. The van der Waals surface area contributed by atoms with E-state index in [9.17, 15) is 8.42 Å². The van der Waals surface area contributed by atoms with Gasteiger partial charge in [-0.05, 0) is 65.8 Å². The molecule has 0 bridgehead atoms. The predicted octanol–water partition coefficient (Wildman–Crippen LogP) is 7.01. The van der Waals surface area contributed by atoms with Gasteiger partial charge >= 0.3 is 0 Å². The Bertz CT molecular complexity index is 1560. The minimum Gasteiger partial charge on any atom is -0.207 e. The van der Waals surface area contributed by atoms with Crippen LogP contribution in [0.2, 0.25) is 0 Å². The minimum absolute atomic E-state index is 0.0732. The van der Waals surface area contributed by atoms with Gasteiger partial charge in [0, 0.05) is 12.5 Å². The molecular formula is C32H29NO2S. The Labute approximate surface area is 213 Å². The van der Waals surface area contributed by atoms with Crippen LogP contribution in [-0.4, -0.2) is 19.3 Å². The van der Waals surface area contributed by atoms with E-state index in [1.165, 1.54) is 5.56 Å². The van der Waals surface area contributed by atoms with Crippen molar-refractivity contribution in [3.63, 3.8) is 0 Å². The van der Waals surface area contributed by atoms with Gasteiger partial charge in [0.2, 0.25) is 10.0 Å². The Morgan fingerprint density at radius 2 is 1.36 bits per heavy atom. The van der Waals surface area contributed by atoms with Gasteiger partial charge in [-0.3, -0.25) is 0 Å². The van der Waals surface area contributed by atoms with Crippen molar-refractivity contribution in [2.24, 2.45) is 0 Å². The molecule has 0 radical (unpaired) electrons. The van der Waals surface area contributed by atoms with Crippen LogP contribution in [0.5, 0.6) is 0 Å². The molecule has 3 nitrogen and oxygen atoms in total. The van der Waals surface area contributed by atoms with Gasteiger partial charge in [-0.2, -0.15) is 4.31 Å². The Kier molecular flexibility index (Phi) is 5.47. The van der Waals surface area contributed by atoms with Crippen molar-refractivity contribution < 1.29 is 8.42 Å². The molecule has 2 aliphatic rings. The average Bonchev–Trinajstić information content (AvgIpc) is 3.43. The van der Waals surface area contributed by atoms with Crippen molar-refractivity contribution in [3.05, 3.63) is 137 Å². The molecule has 1 unspecified atom stereocenters. The van der Waals surface area contributed by atoms with Crippen LogP contribution in [0.25, 0.3) is 11.1 Å². The normalized spacial score (nSPS) is 21.8. The molecule has 0 saturated carbocycles. The molecule has 1 aliphatic heterocycles. The van der Waals surface area contributed by atoms with Crippen molar-refractivity contribution in [1.82, 2.24) is 4.31 Å². The van der Waals surface area contributed by atoms with Crippen LogP contribution in [-0.2, 0) is 15.6 Å². The molecule has 2 atom stereocenters. The fraction of sp³-hybridized carbons (Fsp3) is 0.188. The predicted molar refractivity (Wildman–Crippen MR) is 146 cm³/mol. The highest BCUT2D eigenvalue weighted by molar-refractivity contribution is 7.89. The van der Waals surface area contributed by atoms with Crippen molar-refractivity contribution in [2.45, 2.75) is 36.6 Å². The second kappa shape index (κ2) is 8.58. The van der Waals surface area contributed by atoms with Crippen LogP contribution in [0.3, 0.4) is 0 Å². The van der Waals surface area contributed by atoms with E-state index < -0.39 is 15.6 Å². The summed E-state index contributed by atoms with van der Waals surface area (Å²) in [6.45, 7) is 4.55. The molecule has 0 aromatic heterocycles. The second-order valence-corrected chi connectivity index (χ2v) is 11.8. The number of hydrogen-bond acceptors (Lipinski definition) is 2. The van der Waals surface area contributed by atoms with E-state index in [4.69, 9.17) is 0 Å². The molecule has 0 N–H and O–H groups in total. The summed E-state index contributed by atoms with van der Waals surface area (Å²) in [5.74, 6) is 0.0732. The van der Waals surface area contributed by atoms with E-state index in [-0.39, 0.29) is 5.92 Å². The summed E-state index contributed by atoms with van der Waals surface area (Å²) >= 11 is 0. The maximum absolute atomic E-state index is 14.5. The number of fused-ring (bicyclic) bond motifs is 2. The van der Waals surface area contributed by atoms with Crippen LogP contribution >= 0.6 is 0 Å². The molecule has 1 spiro atoms. The Morgan fingerprint density at radius 1 is 0.750 bits per heavy atom. The van der Waals surface area contributed by atoms with E-state index in [1.807, 2.05) is 67.6 Å². The first-order chi connectivity index (χ1) is 17.4. The Hall–Kier alpha value is -3.47. The van der Waals surface area contributed by atoms with Gasteiger partial charge in [0.25, 0.3) is 0 Å². The van der Waals surface area contributed by atoms with Gasteiger partial charge in [0.1, 0.15) is 0 Å². The first-order valence-electron chi connectivity index (χ1n) is 12.4. The highest BCUT2D eigenvalue weighted by Gasteiger charge is 2.58. The third kappa shape index (κ3) is 3.40. The van der Waals surface area contributed by atoms with Crippen molar-refractivity contribution in [3.8, 4) is 0 Å². The van der Waals surface area contributed by atoms with Crippen molar-refractivity contribution in [2.75, 3.05) is 6.54 Å². The lowest BCUT2D eigenvalue weighted by Crippen LogP contribution is -2.44. The lowest BCUT2D eigenvalue weighted by atomic mass is 9.78. The van der Waals surface area contributed by atoms with Gasteiger partial charge in [0.15, 0.2) is 0 Å². The zero-order chi connectivity index (χ0) is 24.9. The number of hydrogen-bond donors (Lipinski definition) is 0. The highest BCUT2D eigenvalue weighted by Crippen LogP contribution is 2.61. The van der Waals surface area contributed by atoms with Crippen LogP contribution in [0.4, 0.5) is 0 Å². The third-order valence-electron chi connectivity index (χ3n) is 7.86. The number of aryl methyl sites for hydroxylation is 1. The Morgan fingerprint density at radius 3 is 2.06 bits per heavy atom. The van der Waals surface area contributed by atoms with Gasteiger partial charge in [-0.15, -0.1) is 0 Å². The summed E-state index contributed by atoms with van der Waals surface area (Å²) in [6.07, 6.45) is 0.695. The topological polar surface area (TPSA) is 37.4 Å². The second-order valence-electron chi connectivity index (χ2n) is 9.93. The number of benzene rings is 4. The first kappa shape index (κ1) is 23.0. The molecule has 1 saturated heterocycles. The van der Waals surface area contributed by atoms with Gasteiger partial charge < -0.3 is 0 Å². The fourth-order valence-electron chi connectivity index (χ4n) is 6.25. The fourth-order valence-corrected chi connectivity index (χ4v) is 8.03. The van der Waals surface area contributed by atoms with Crippen LogP contribution in [0.1, 0.15) is 47.1 Å². The summed E-state index contributed by atoms with van der Waals surface area (Å²) in [6, 6.07) is 36.2. The van der Waals surface area contributed by atoms with E-state index in [2.05, 4.69) is 43.3 Å². The average molecular weight is 492 g/mol. The highest BCUT2D eigenvalue weighted by atomic mass is 32.2. The quantitative estimate of drug-likeness (QED) is 0.308. The molecule has 0 amide bonds. The lowest BCUT2D eigenvalue weighted by molar-refractivity contribution is 0.324. The molecule has 1 heterocycles. The number of nitrogens with zero attached hydrogens (tertiary/aromatic N) is 1.